The molecule has 0 atom stereocenters. The number of piperidine rings is 1. The monoisotopic (exact) mass is 425 g/mol. The van der Waals surface area contributed by atoms with Crippen LogP contribution in [0.15, 0.2) is 4.90 Å². The van der Waals surface area contributed by atoms with Gasteiger partial charge in [0.25, 0.3) is 0 Å². The van der Waals surface area contributed by atoms with E-state index in [0.29, 0.717) is 24.5 Å². The molecule has 3 amide bonds. The van der Waals surface area contributed by atoms with Crippen molar-refractivity contribution in [1.29, 1.82) is 0 Å². The first kappa shape index (κ1) is 21.8. The van der Waals surface area contributed by atoms with Crippen LogP contribution in [0.4, 0.5) is 4.79 Å². The van der Waals surface area contributed by atoms with Crippen molar-refractivity contribution in [1.82, 2.24) is 24.7 Å². The van der Waals surface area contributed by atoms with E-state index in [-0.39, 0.29) is 17.5 Å². The molecule has 0 radical (unpaired) electrons. The second kappa shape index (κ2) is 9.25. The number of carbonyl (C=O) groups is 2. The Morgan fingerprint density at radius 1 is 1.03 bits per heavy atom. The predicted octanol–water partition coefficient (Wildman–Crippen LogP) is 1.83. The number of amides is 3. The van der Waals surface area contributed by atoms with Gasteiger partial charge in [-0.3, -0.25) is 14.8 Å². The van der Waals surface area contributed by atoms with Gasteiger partial charge in [-0.05, 0) is 39.5 Å². The summed E-state index contributed by atoms with van der Waals surface area (Å²) in [5, 5.41) is 9.41. The van der Waals surface area contributed by atoms with Crippen LogP contribution in [0, 0.1) is 13.8 Å². The highest BCUT2D eigenvalue weighted by atomic mass is 32.2. The highest BCUT2D eigenvalue weighted by molar-refractivity contribution is 7.89. The molecule has 1 aliphatic heterocycles. The van der Waals surface area contributed by atoms with Crippen LogP contribution in [-0.4, -0.2) is 53.6 Å². The smallest absolute Gasteiger partial charge is 0.321 e. The van der Waals surface area contributed by atoms with Crippen LogP contribution < -0.4 is 10.6 Å². The van der Waals surface area contributed by atoms with E-state index in [0.717, 1.165) is 44.9 Å². The highest BCUT2D eigenvalue weighted by Crippen LogP contribution is 2.26. The molecule has 1 saturated heterocycles. The molecule has 1 aromatic heterocycles. The molecule has 1 aromatic rings. The first-order valence-corrected chi connectivity index (χ1v) is 11.9. The predicted molar refractivity (Wildman–Crippen MR) is 108 cm³/mol. The summed E-state index contributed by atoms with van der Waals surface area (Å²) in [6, 6.07) is -0.406. The number of aryl methyl sites for hydroxylation is 1. The molecular weight excluding hydrogens is 394 g/mol. The van der Waals surface area contributed by atoms with E-state index < -0.39 is 22.0 Å². The maximum absolute atomic E-state index is 13.0. The number of carbonyl (C=O) groups excluding carboxylic acids is 2. The summed E-state index contributed by atoms with van der Waals surface area (Å²) >= 11 is 0. The SMILES string of the molecule is Cc1nn(CC(=O)NC(=O)NC2CCCCC2)c(C)c1S(=O)(=O)N1CCCCC1. The summed E-state index contributed by atoms with van der Waals surface area (Å²) in [4.78, 5) is 24.5. The van der Waals surface area contributed by atoms with Crippen molar-refractivity contribution in [2.75, 3.05) is 13.1 Å². The fraction of sp³-hybridized carbons (Fsp3) is 0.737. The Balaban J connectivity index is 1.64. The average Bonchev–Trinajstić information content (AvgIpc) is 2.96. The van der Waals surface area contributed by atoms with Crippen molar-refractivity contribution < 1.29 is 18.0 Å². The van der Waals surface area contributed by atoms with Gasteiger partial charge in [0.2, 0.25) is 15.9 Å². The molecule has 10 heteroatoms. The molecule has 2 aliphatic rings. The van der Waals surface area contributed by atoms with Crippen molar-refractivity contribution in [3.8, 4) is 0 Å². The Bertz CT molecular complexity index is 852. The van der Waals surface area contributed by atoms with Crippen LogP contribution in [0.2, 0.25) is 0 Å². The molecule has 9 nitrogen and oxygen atoms in total. The van der Waals surface area contributed by atoms with Gasteiger partial charge in [-0.25, -0.2) is 13.2 Å². The zero-order chi connectivity index (χ0) is 21.0. The molecule has 2 N–H and O–H groups in total. The first-order valence-electron chi connectivity index (χ1n) is 10.4. The second-order valence-corrected chi connectivity index (χ2v) is 9.85. The highest BCUT2D eigenvalue weighted by Gasteiger charge is 2.32. The molecule has 0 unspecified atom stereocenters. The number of hydrogen-bond donors (Lipinski definition) is 2. The second-order valence-electron chi connectivity index (χ2n) is 7.98. The van der Waals surface area contributed by atoms with Gasteiger partial charge >= 0.3 is 6.03 Å². The normalized spacial score (nSPS) is 19.1. The minimum absolute atomic E-state index is 0.103. The molecule has 2 heterocycles. The number of hydrogen-bond acceptors (Lipinski definition) is 5. The Kier molecular flexibility index (Phi) is 6.94. The summed E-state index contributed by atoms with van der Waals surface area (Å²) in [6.07, 6.45) is 7.94. The fourth-order valence-corrected chi connectivity index (χ4v) is 6.10. The molecule has 29 heavy (non-hydrogen) atoms. The third-order valence-electron chi connectivity index (χ3n) is 5.71. The molecule has 0 aromatic carbocycles. The van der Waals surface area contributed by atoms with E-state index in [4.69, 9.17) is 0 Å². The minimum Gasteiger partial charge on any atom is -0.335 e. The number of sulfonamides is 1. The number of urea groups is 1. The van der Waals surface area contributed by atoms with Crippen LogP contribution in [0.3, 0.4) is 0 Å². The zero-order valence-corrected chi connectivity index (χ0v) is 18.1. The lowest BCUT2D eigenvalue weighted by molar-refractivity contribution is -0.120. The quantitative estimate of drug-likeness (QED) is 0.747. The van der Waals surface area contributed by atoms with Crippen LogP contribution in [0.1, 0.15) is 62.8 Å². The Morgan fingerprint density at radius 3 is 2.31 bits per heavy atom. The minimum atomic E-state index is -3.64. The first-order chi connectivity index (χ1) is 13.8. The van der Waals surface area contributed by atoms with Crippen molar-refractivity contribution in [3.63, 3.8) is 0 Å². The van der Waals surface area contributed by atoms with Crippen LogP contribution in [0.5, 0.6) is 0 Å². The van der Waals surface area contributed by atoms with Gasteiger partial charge in [0.15, 0.2) is 0 Å². The van der Waals surface area contributed by atoms with Gasteiger partial charge in [0.05, 0.1) is 11.4 Å². The van der Waals surface area contributed by atoms with Crippen molar-refractivity contribution in [2.24, 2.45) is 0 Å². The average molecular weight is 426 g/mol. The van der Waals surface area contributed by atoms with E-state index in [2.05, 4.69) is 15.7 Å². The largest absolute Gasteiger partial charge is 0.335 e. The van der Waals surface area contributed by atoms with Crippen LogP contribution in [0.25, 0.3) is 0 Å². The lowest BCUT2D eigenvalue weighted by atomic mass is 9.96. The Morgan fingerprint density at radius 2 is 1.66 bits per heavy atom. The fourth-order valence-electron chi connectivity index (χ4n) is 4.21. The van der Waals surface area contributed by atoms with E-state index in [1.165, 1.54) is 15.4 Å². The molecule has 1 aliphatic carbocycles. The summed E-state index contributed by atoms with van der Waals surface area (Å²) in [5.41, 5.74) is 0.781. The van der Waals surface area contributed by atoms with Gasteiger partial charge in [-0.1, -0.05) is 25.7 Å². The summed E-state index contributed by atoms with van der Waals surface area (Å²) in [5.74, 6) is -0.522. The van der Waals surface area contributed by atoms with Crippen molar-refractivity contribution in [3.05, 3.63) is 11.4 Å². The van der Waals surface area contributed by atoms with Crippen molar-refractivity contribution >= 4 is 22.0 Å². The van der Waals surface area contributed by atoms with Gasteiger partial charge in [-0.15, -0.1) is 0 Å². The Labute approximate surface area is 172 Å². The van der Waals surface area contributed by atoms with Gasteiger partial charge in [-0.2, -0.15) is 9.40 Å². The van der Waals surface area contributed by atoms with Gasteiger partial charge in [0.1, 0.15) is 11.4 Å². The summed E-state index contributed by atoms with van der Waals surface area (Å²) in [6.45, 7) is 4.09. The number of aromatic nitrogens is 2. The molecular formula is C19H31N5O4S. The summed E-state index contributed by atoms with van der Waals surface area (Å²) in [7, 11) is -3.64. The molecule has 162 valence electrons. The van der Waals surface area contributed by atoms with E-state index in [9.17, 15) is 18.0 Å². The maximum atomic E-state index is 13.0. The van der Waals surface area contributed by atoms with Gasteiger partial charge < -0.3 is 5.32 Å². The maximum Gasteiger partial charge on any atom is 0.321 e. The molecule has 1 saturated carbocycles. The van der Waals surface area contributed by atoms with Crippen LogP contribution >= 0.6 is 0 Å². The standard InChI is InChI=1S/C19H31N5O4S/c1-14-18(29(27,28)23-11-7-4-8-12-23)15(2)24(22-14)13-17(25)21-19(26)20-16-9-5-3-6-10-16/h16H,3-13H2,1-2H3,(H2,20,21,25,26). The lowest BCUT2D eigenvalue weighted by Gasteiger charge is -2.26. The topological polar surface area (TPSA) is 113 Å². The lowest BCUT2D eigenvalue weighted by Crippen LogP contribution is -2.46. The van der Waals surface area contributed by atoms with E-state index in [1.54, 1.807) is 13.8 Å². The van der Waals surface area contributed by atoms with E-state index >= 15 is 0 Å². The number of rotatable bonds is 5. The molecule has 0 bridgehead atoms. The van der Waals surface area contributed by atoms with E-state index in [1.807, 2.05) is 0 Å². The third kappa shape index (κ3) is 5.16. The summed E-state index contributed by atoms with van der Waals surface area (Å²) < 4.78 is 28.9. The third-order valence-corrected chi connectivity index (χ3v) is 7.87. The van der Waals surface area contributed by atoms with Crippen molar-refractivity contribution in [2.45, 2.75) is 82.7 Å². The molecule has 2 fully saturated rings. The molecule has 0 spiro atoms. The zero-order valence-electron chi connectivity index (χ0n) is 17.2. The van der Waals surface area contributed by atoms with Crippen LogP contribution in [-0.2, 0) is 21.4 Å². The Hall–Kier alpha value is -1.94. The number of imide groups is 1. The molecule has 3 rings (SSSR count). The number of nitrogens with one attached hydrogen (secondary N) is 2. The van der Waals surface area contributed by atoms with Gasteiger partial charge in [0, 0.05) is 19.1 Å². The number of nitrogens with zero attached hydrogens (tertiary/aromatic N) is 3.